The SMILES string of the molecule is [c]1oc2ccccc2c1Cc1ccccc1. The highest BCUT2D eigenvalue weighted by molar-refractivity contribution is 5.80. The van der Waals surface area contributed by atoms with Crippen molar-refractivity contribution in [2.75, 3.05) is 0 Å². The van der Waals surface area contributed by atoms with E-state index in [4.69, 9.17) is 4.42 Å². The Hall–Kier alpha value is -2.02. The first kappa shape index (κ1) is 9.22. The molecule has 0 spiro atoms. The van der Waals surface area contributed by atoms with Crippen molar-refractivity contribution in [3.63, 3.8) is 0 Å². The molecule has 0 fully saturated rings. The van der Waals surface area contributed by atoms with Crippen molar-refractivity contribution in [1.29, 1.82) is 0 Å². The Kier molecular flexibility index (Phi) is 2.22. The molecule has 0 saturated heterocycles. The fourth-order valence-electron chi connectivity index (χ4n) is 1.91. The van der Waals surface area contributed by atoms with Crippen LogP contribution in [0.25, 0.3) is 11.0 Å². The van der Waals surface area contributed by atoms with Crippen LogP contribution in [0.3, 0.4) is 0 Å². The third kappa shape index (κ3) is 1.61. The highest BCUT2D eigenvalue weighted by Gasteiger charge is 2.05. The summed E-state index contributed by atoms with van der Waals surface area (Å²) < 4.78 is 5.40. The van der Waals surface area contributed by atoms with E-state index < -0.39 is 0 Å². The molecule has 2 aromatic carbocycles. The molecule has 0 aliphatic rings. The molecule has 0 aliphatic carbocycles. The lowest BCUT2D eigenvalue weighted by Crippen LogP contribution is -1.85. The predicted octanol–water partition coefficient (Wildman–Crippen LogP) is 3.82. The van der Waals surface area contributed by atoms with Crippen molar-refractivity contribution < 1.29 is 4.42 Å². The smallest absolute Gasteiger partial charge is 0.174 e. The second kappa shape index (κ2) is 3.86. The van der Waals surface area contributed by atoms with Crippen LogP contribution in [-0.4, -0.2) is 0 Å². The largest absolute Gasteiger partial charge is 0.452 e. The first-order valence-electron chi connectivity index (χ1n) is 5.35. The van der Waals surface area contributed by atoms with E-state index in [1.165, 1.54) is 5.56 Å². The highest BCUT2D eigenvalue weighted by atomic mass is 16.3. The lowest BCUT2D eigenvalue weighted by molar-refractivity contribution is 0.601. The van der Waals surface area contributed by atoms with Gasteiger partial charge >= 0.3 is 0 Å². The van der Waals surface area contributed by atoms with Crippen molar-refractivity contribution in [3.05, 3.63) is 72.0 Å². The second-order valence-corrected chi connectivity index (χ2v) is 3.84. The highest BCUT2D eigenvalue weighted by Crippen LogP contribution is 2.22. The first-order valence-corrected chi connectivity index (χ1v) is 5.35. The van der Waals surface area contributed by atoms with Crippen molar-refractivity contribution in [1.82, 2.24) is 0 Å². The number of benzene rings is 2. The van der Waals surface area contributed by atoms with E-state index in [9.17, 15) is 0 Å². The fraction of sp³-hybridized carbons (Fsp3) is 0.0667. The molecule has 3 aromatic rings. The zero-order chi connectivity index (χ0) is 10.8. The van der Waals surface area contributed by atoms with Gasteiger partial charge in [0, 0.05) is 17.4 Å². The second-order valence-electron chi connectivity index (χ2n) is 3.84. The van der Waals surface area contributed by atoms with Crippen LogP contribution in [0.2, 0.25) is 0 Å². The average molecular weight is 207 g/mol. The molecule has 77 valence electrons. The van der Waals surface area contributed by atoms with Gasteiger partial charge in [0.15, 0.2) is 6.26 Å². The summed E-state index contributed by atoms with van der Waals surface area (Å²) in [7, 11) is 0. The van der Waals surface area contributed by atoms with Gasteiger partial charge in [-0.25, -0.2) is 0 Å². The molecule has 3 rings (SSSR count). The van der Waals surface area contributed by atoms with Gasteiger partial charge < -0.3 is 4.42 Å². The van der Waals surface area contributed by atoms with Crippen LogP contribution in [-0.2, 0) is 6.42 Å². The van der Waals surface area contributed by atoms with E-state index >= 15 is 0 Å². The molecule has 1 heterocycles. The summed E-state index contributed by atoms with van der Waals surface area (Å²) in [6, 6.07) is 18.4. The topological polar surface area (TPSA) is 13.1 Å². The lowest BCUT2D eigenvalue weighted by atomic mass is 10.0. The minimum atomic E-state index is 0.873. The van der Waals surface area contributed by atoms with E-state index in [-0.39, 0.29) is 0 Å². The molecule has 1 heteroatoms. The summed E-state index contributed by atoms with van der Waals surface area (Å²) in [4.78, 5) is 0. The Morgan fingerprint density at radius 1 is 0.875 bits per heavy atom. The number of fused-ring (bicyclic) bond motifs is 1. The normalized spacial score (nSPS) is 10.8. The maximum Gasteiger partial charge on any atom is 0.174 e. The number of hydrogen-bond acceptors (Lipinski definition) is 1. The maximum atomic E-state index is 5.40. The summed E-state index contributed by atoms with van der Waals surface area (Å²) >= 11 is 0. The van der Waals surface area contributed by atoms with Gasteiger partial charge in [-0.1, -0.05) is 48.5 Å². The Balaban J connectivity index is 2.01. The fourth-order valence-corrected chi connectivity index (χ4v) is 1.91. The molecule has 0 bridgehead atoms. The van der Waals surface area contributed by atoms with Crippen LogP contribution in [0, 0.1) is 6.26 Å². The minimum Gasteiger partial charge on any atom is -0.452 e. The zero-order valence-corrected chi connectivity index (χ0v) is 8.81. The molecule has 1 nitrogen and oxygen atoms in total. The molecule has 0 unspecified atom stereocenters. The number of para-hydroxylation sites is 1. The van der Waals surface area contributed by atoms with E-state index in [1.807, 2.05) is 24.3 Å². The van der Waals surface area contributed by atoms with Crippen molar-refractivity contribution in [3.8, 4) is 0 Å². The summed E-state index contributed by atoms with van der Waals surface area (Å²) in [5.41, 5.74) is 3.32. The molecule has 1 aromatic heterocycles. The summed E-state index contributed by atoms with van der Waals surface area (Å²) in [5.74, 6) is 0. The van der Waals surface area contributed by atoms with E-state index in [0.717, 1.165) is 23.0 Å². The Morgan fingerprint density at radius 2 is 1.62 bits per heavy atom. The standard InChI is InChI=1S/C15H11O/c1-2-6-12(7-3-1)10-13-11-16-15-9-5-4-8-14(13)15/h1-9H,10H2. The monoisotopic (exact) mass is 207 g/mol. The third-order valence-corrected chi connectivity index (χ3v) is 2.72. The van der Waals surface area contributed by atoms with Crippen LogP contribution < -0.4 is 0 Å². The zero-order valence-electron chi connectivity index (χ0n) is 8.81. The molecule has 0 N–H and O–H groups in total. The van der Waals surface area contributed by atoms with E-state index in [1.54, 1.807) is 0 Å². The molecule has 0 aliphatic heterocycles. The van der Waals surface area contributed by atoms with E-state index in [0.29, 0.717) is 0 Å². The first-order chi connectivity index (χ1) is 7.93. The Morgan fingerprint density at radius 3 is 2.50 bits per heavy atom. The third-order valence-electron chi connectivity index (χ3n) is 2.72. The van der Waals surface area contributed by atoms with Gasteiger partial charge in [0.25, 0.3) is 0 Å². The van der Waals surface area contributed by atoms with Crippen LogP contribution >= 0.6 is 0 Å². The van der Waals surface area contributed by atoms with Crippen LogP contribution in [0.1, 0.15) is 11.1 Å². The maximum absolute atomic E-state index is 5.40. The van der Waals surface area contributed by atoms with Gasteiger partial charge in [0.05, 0.1) is 0 Å². The lowest BCUT2D eigenvalue weighted by Gasteiger charge is -1.97. The van der Waals surface area contributed by atoms with Crippen LogP contribution in [0.5, 0.6) is 0 Å². The quantitative estimate of drug-likeness (QED) is 0.622. The molecule has 1 radical (unpaired) electrons. The van der Waals surface area contributed by atoms with E-state index in [2.05, 4.69) is 36.6 Å². The molecule has 0 saturated carbocycles. The van der Waals surface area contributed by atoms with Crippen LogP contribution in [0.4, 0.5) is 0 Å². The van der Waals surface area contributed by atoms with Gasteiger partial charge in [-0.05, 0) is 11.6 Å². The van der Waals surface area contributed by atoms with Crippen molar-refractivity contribution in [2.45, 2.75) is 6.42 Å². The molecular weight excluding hydrogens is 196 g/mol. The van der Waals surface area contributed by atoms with Crippen LogP contribution in [0.15, 0.2) is 59.0 Å². The van der Waals surface area contributed by atoms with Gasteiger partial charge in [0.2, 0.25) is 0 Å². The Bertz CT molecular complexity index is 593. The van der Waals surface area contributed by atoms with Crippen molar-refractivity contribution >= 4 is 11.0 Å². The van der Waals surface area contributed by atoms with Gasteiger partial charge in [-0.15, -0.1) is 0 Å². The summed E-state index contributed by atoms with van der Waals surface area (Å²) in [6.07, 6.45) is 3.86. The average Bonchev–Trinajstić information content (AvgIpc) is 2.74. The predicted molar refractivity (Wildman–Crippen MR) is 64.3 cm³/mol. The number of hydrogen-bond donors (Lipinski definition) is 0. The summed E-state index contributed by atoms with van der Waals surface area (Å²) in [5, 5.41) is 1.16. The molecule has 0 amide bonds. The van der Waals surface area contributed by atoms with Crippen molar-refractivity contribution in [2.24, 2.45) is 0 Å². The van der Waals surface area contributed by atoms with Gasteiger partial charge in [-0.2, -0.15) is 0 Å². The van der Waals surface area contributed by atoms with Gasteiger partial charge in [-0.3, -0.25) is 0 Å². The summed E-state index contributed by atoms with van der Waals surface area (Å²) in [6.45, 7) is 0. The Labute approximate surface area is 94.3 Å². The van der Waals surface area contributed by atoms with Gasteiger partial charge in [0.1, 0.15) is 5.58 Å². The number of rotatable bonds is 2. The molecule has 16 heavy (non-hydrogen) atoms. The molecular formula is C15H11O. The minimum absolute atomic E-state index is 0.873. The number of furan rings is 1. The molecule has 0 atom stereocenters.